The molecule has 2 saturated heterocycles. The van der Waals surface area contributed by atoms with Gasteiger partial charge in [0.1, 0.15) is 0 Å². The first-order valence-electron chi connectivity index (χ1n) is 8.61. The summed E-state index contributed by atoms with van der Waals surface area (Å²) >= 11 is 6.20. The van der Waals surface area contributed by atoms with Gasteiger partial charge in [-0.05, 0) is 31.2 Å². The minimum Gasteiger partial charge on any atom is -0.364 e. The van der Waals surface area contributed by atoms with E-state index in [9.17, 15) is 14.4 Å². The standard InChI is InChI=1S/C18H21ClN4O3/c1-20-6-7-23-13-8-12(19)5-4-11(13)9-18(14(23)10-20)15(24)21(2)17(26)22(3)16(18)25/h4-5,8,14H,6-7,9-10H2,1-3H3/t14-/m0/s1. The second-order valence-corrected chi connectivity index (χ2v) is 7.84. The zero-order valence-electron chi connectivity index (χ0n) is 15.0. The zero-order valence-corrected chi connectivity index (χ0v) is 15.8. The van der Waals surface area contributed by atoms with Crippen molar-refractivity contribution in [2.24, 2.45) is 5.41 Å². The quantitative estimate of drug-likeness (QED) is 0.633. The third kappa shape index (κ3) is 2.13. The van der Waals surface area contributed by atoms with Crippen LogP contribution in [0.25, 0.3) is 0 Å². The monoisotopic (exact) mass is 376 g/mol. The van der Waals surface area contributed by atoms with E-state index in [1.807, 2.05) is 19.2 Å². The molecule has 0 aromatic heterocycles. The Morgan fingerprint density at radius 2 is 1.69 bits per heavy atom. The molecular weight excluding hydrogens is 356 g/mol. The molecule has 3 aliphatic rings. The first-order chi connectivity index (χ1) is 12.3. The van der Waals surface area contributed by atoms with Crippen molar-refractivity contribution < 1.29 is 14.4 Å². The lowest BCUT2D eigenvalue weighted by Crippen LogP contribution is -2.74. The zero-order chi connectivity index (χ0) is 18.8. The van der Waals surface area contributed by atoms with Gasteiger partial charge in [0.2, 0.25) is 11.8 Å². The number of benzene rings is 1. The Bertz CT molecular complexity index is 803. The van der Waals surface area contributed by atoms with Gasteiger partial charge in [-0.1, -0.05) is 17.7 Å². The minimum atomic E-state index is -1.30. The lowest BCUT2D eigenvalue weighted by molar-refractivity contribution is -0.160. The van der Waals surface area contributed by atoms with Crippen LogP contribution in [0.5, 0.6) is 0 Å². The first kappa shape index (κ1) is 17.3. The highest BCUT2D eigenvalue weighted by molar-refractivity contribution is 6.31. The van der Waals surface area contributed by atoms with E-state index in [1.165, 1.54) is 14.1 Å². The Labute approximate surface area is 157 Å². The number of hydrogen-bond donors (Lipinski definition) is 0. The highest BCUT2D eigenvalue weighted by Gasteiger charge is 2.63. The van der Waals surface area contributed by atoms with Gasteiger partial charge in [-0.25, -0.2) is 4.79 Å². The summed E-state index contributed by atoms with van der Waals surface area (Å²) in [7, 11) is 4.88. The van der Waals surface area contributed by atoms with E-state index >= 15 is 0 Å². The number of piperazine rings is 1. The van der Waals surface area contributed by atoms with Crippen LogP contribution in [0.3, 0.4) is 0 Å². The Balaban J connectivity index is 1.92. The number of carbonyl (C=O) groups is 3. The fourth-order valence-corrected chi connectivity index (χ4v) is 4.69. The van der Waals surface area contributed by atoms with Crippen LogP contribution >= 0.6 is 11.6 Å². The molecule has 1 spiro atoms. The van der Waals surface area contributed by atoms with E-state index in [0.717, 1.165) is 27.6 Å². The maximum Gasteiger partial charge on any atom is 0.332 e. The molecule has 0 saturated carbocycles. The highest BCUT2D eigenvalue weighted by Crippen LogP contribution is 2.47. The third-order valence-corrected chi connectivity index (χ3v) is 6.16. The molecule has 2 fully saturated rings. The molecule has 1 aromatic rings. The summed E-state index contributed by atoms with van der Waals surface area (Å²) < 4.78 is 0. The third-order valence-electron chi connectivity index (χ3n) is 5.92. The normalized spacial score (nSPS) is 25.6. The molecular formula is C18H21ClN4O3. The summed E-state index contributed by atoms with van der Waals surface area (Å²) in [5.74, 6) is -0.840. The number of anilines is 1. The molecule has 4 rings (SSSR count). The molecule has 0 bridgehead atoms. The molecule has 1 aromatic carbocycles. The fourth-order valence-electron chi connectivity index (χ4n) is 4.53. The first-order valence-corrected chi connectivity index (χ1v) is 8.99. The fraction of sp³-hybridized carbons (Fsp3) is 0.500. The van der Waals surface area contributed by atoms with Crippen LogP contribution in [0.2, 0.25) is 5.02 Å². The summed E-state index contributed by atoms with van der Waals surface area (Å²) in [6.07, 6.45) is 0.272. The smallest absolute Gasteiger partial charge is 0.332 e. The van der Waals surface area contributed by atoms with E-state index in [-0.39, 0.29) is 12.5 Å². The van der Waals surface area contributed by atoms with Crippen LogP contribution in [0.1, 0.15) is 5.56 Å². The molecule has 0 radical (unpaired) electrons. The van der Waals surface area contributed by atoms with E-state index in [0.29, 0.717) is 18.1 Å². The Kier molecular flexibility index (Phi) is 3.79. The number of likely N-dealkylation sites (N-methyl/N-ethyl adjacent to an activating group) is 1. The number of nitrogens with zero attached hydrogens (tertiary/aromatic N) is 4. The lowest BCUT2D eigenvalue weighted by Gasteiger charge is -2.55. The number of halogens is 1. The van der Waals surface area contributed by atoms with Crippen LogP contribution in [0.4, 0.5) is 10.5 Å². The van der Waals surface area contributed by atoms with Crippen molar-refractivity contribution in [3.63, 3.8) is 0 Å². The second kappa shape index (κ2) is 5.69. The van der Waals surface area contributed by atoms with Crippen molar-refractivity contribution in [1.82, 2.24) is 14.7 Å². The van der Waals surface area contributed by atoms with Gasteiger partial charge >= 0.3 is 6.03 Å². The molecule has 8 heteroatoms. The van der Waals surface area contributed by atoms with Crippen molar-refractivity contribution in [1.29, 1.82) is 0 Å². The number of carbonyl (C=O) groups excluding carboxylic acids is 3. The van der Waals surface area contributed by atoms with E-state index in [2.05, 4.69) is 9.80 Å². The Morgan fingerprint density at radius 3 is 2.35 bits per heavy atom. The van der Waals surface area contributed by atoms with Gasteiger partial charge in [0, 0.05) is 44.4 Å². The van der Waals surface area contributed by atoms with Gasteiger partial charge in [0.25, 0.3) is 0 Å². The Hall–Kier alpha value is -2.12. The summed E-state index contributed by atoms with van der Waals surface area (Å²) in [6.45, 7) is 2.09. The van der Waals surface area contributed by atoms with Crippen LogP contribution in [-0.2, 0) is 16.0 Å². The Morgan fingerprint density at radius 1 is 1.04 bits per heavy atom. The summed E-state index contributed by atoms with van der Waals surface area (Å²) in [4.78, 5) is 45.2. The molecule has 0 unspecified atom stereocenters. The van der Waals surface area contributed by atoms with Crippen molar-refractivity contribution in [3.8, 4) is 0 Å². The molecule has 26 heavy (non-hydrogen) atoms. The molecule has 0 N–H and O–H groups in total. The number of hydrogen-bond acceptors (Lipinski definition) is 5. The minimum absolute atomic E-state index is 0.272. The SMILES string of the molecule is CN1CCN2c3cc(Cl)ccc3CC3(C(=O)N(C)C(=O)N(C)C3=O)[C@@H]2C1. The molecule has 4 amide bonds. The number of imide groups is 2. The predicted octanol–water partition coefficient (Wildman–Crippen LogP) is 1.05. The maximum absolute atomic E-state index is 13.3. The average molecular weight is 377 g/mol. The molecule has 0 aliphatic carbocycles. The van der Waals surface area contributed by atoms with Gasteiger partial charge < -0.3 is 9.80 Å². The average Bonchev–Trinajstić information content (AvgIpc) is 2.63. The molecule has 3 heterocycles. The predicted molar refractivity (Wildman–Crippen MR) is 97.2 cm³/mol. The van der Waals surface area contributed by atoms with Gasteiger partial charge in [-0.2, -0.15) is 0 Å². The van der Waals surface area contributed by atoms with Gasteiger partial charge in [-0.15, -0.1) is 0 Å². The van der Waals surface area contributed by atoms with E-state index in [4.69, 9.17) is 11.6 Å². The van der Waals surface area contributed by atoms with Gasteiger partial charge in [0.15, 0.2) is 5.41 Å². The number of fused-ring (bicyclic) bond motifs is 4. The highest BCUT2D eigenvalue weighted by atomic mass is 35.5. The van der Waals surface area contributed by atoms with Crippen LogP contribution in [0.15, 0.2) is 18.2 Å². The van der Waals surface area contributed by atoms with Crippen LogP contribution in [0, 0.1) is 5.41 Å². The number of barbiturate groups is 1. The molecule has 7 nitrogen and oxygen atoms in total. The topological polar surface area (TPSA) is 64.2 Å². The summed E-state index contributed by atoms with van der Waals surface area (Å²) in [6, 6.07) is 4.64. The molecule has 1 atom stereocenters. The summed E-state index contributed by atoms with van der Waals surface area (Å²) in [5, 5.41) is 0.628. The summed E-state index contributed by atoms with van der Waals surface area (Å²) in [5.41, 5.74) is 0.587. The number of amides is 4. The maximum atomic E-state index is 13.3. The number of urea groups is 1. The van der Waals surface area contributed by atoms with Crippen LogP contribution < -0.4 is 4.90 Å². The van der Waals surface area contributed by atoms with Gasteiger partial charge in [0.05, 0.1) is 6.04 Å². The van der Waals surface area contributed by atoms with Gasteiger partial charge in [-0.3, -0.25) is 19.4 Å². The van der Waals surface area contributed by atoms with Crippen molar-refractivity contribution in [2.75, 3.05) is 45.7 Å². The molecule has 3 aliphatic heterocycles. The van der Waals surface area contributed by atoms with E-state index < -0.39 is 23.3 Å². The van der Waals surface area contributed by atoms with Crippen molar-refractivity contribution in [2.45, 2.75) is 12.5 Å². The van der Waals surface area contributed by atoms with Crippen LogP contribution in [-0.4, -0.2) is 79.4 Å². The number of rotatable bonds is 0. The van der Waals surface area contributed by atoms with Crippen molar-refractivity contribution >= 4 is 35.1 Å². The molecule has 138 valence electrons. The van der Waals surface area contributed by atoms with E-state index in [1.54, 1.807) is 6.07 Å². The van der Waals surface area contributed by atoms with Crippen molar-refractivity contribution in [3.05, 3.63) is 28.8 Å². The largest absolute Gasteiger partial charge is 0.364 e. The lowest BCUT2D eigenvalue weighted by atomic mass is 9.67. The second-order valence-electron chi connectivity index (χ2n) is 7.40.